The lowest BCUT2D eigenvalue weighted by Crippen LogP contribution is -2.52. The molecule has 0 spiro atoms. The highest BCUT2D eigenvalue weighted by atomic mass is 16.6. The molecule has 3 rings (SSSR count). The molecule has 2 aliphatic rings. The van der Waals surface area contributed by atoms with Crippen molar-refractivity contribution in [3.05, 3.63) is 24.2 Å². The summed E-state index contributed by atoms with van der Waals surface area (Å²) in [6, 6.07) is 2.82. The molecule has 0 aromatic carbocycles. The van der Waals surface area contributed by atoms with Crippen molar-refractivity contribution in [1.29, 1.82) is 0 Å². The summed E-state index contributed by atoms with van der Waals surface area (Å²) in [5.41, 5.74) is 0. The van der Waals surface area contributed by atoms with Gasteiger partial charge in [0, 0.05) is 25.7 Å². The zero-order valence-electron chi connectivity index (χ0n) is 15.0. The Morgan fingerprint density at radius 3 is 2.65 bits per heavy atom. The fourth-order valence-electron chi connectivity index (χ4n) is 3.54. The SMILES string of the molecule is CCOC(=O)N1CCC(NC(=O)C2CCCN2C(=O)c2ccco2)CC1. The molecule has 26 heavy (non-hydrogen) atoms. The topological polar surface area (TPSA) is 92.1 Å². The molecule has 2 fully saturated rings. The molecule has 3 amide bonds. The van der Waals surface area contributed by atoms with Crippen LogP contribution in [0.5, 0.6) is 0 Å². The first kappa shape index (κ1) is 18.3. The highest BCUT2D eigenvalue weighted by Crippen LogP contribution is 2.21. The van der Waals surface area contributed by atoms with Gasteiger partial charge < -0.3 is 24.3 Å². The number of carbonyl (C=O) groups is 3. The standard InChI is InChI=1S/C18H25N3O5/c1-2-25-18(24)20-10-7-13(8-11-20)19-16(22)14-5-3-9-21(14)17(23)15-6-4-12-26-15/h4,6,12-14H,2-3,5,7-11H2,1H3,(H,19,22). The number of ether oxygens (including phenoxy) is 1. The minimum absolute atomic E-state index is 0.00865. The number of hydrogen-bond acceptors (Lipinski definition) is 5. The second-order valence-electron chi connectivity index (χ2n) is 6.60. The van der Waals surface area contributed by atoms with Crippen LogP contribution in [-0.2, 0) is 9.53 Å². The Morgan fingerprint density at radius 1 is 1.23 bits per heavy atom. The number of likely N-dealkylation sites (tertiary alicyclic amines) is 2. The normalized spacial score (nSPS) is 20.9. The van der Waals surface area contributed by atoms with Crippen molar-refractivity contribution < 1.29 is 23.5 Å². The number of nitrogens with one attached hydrogen (secondary N) is 1. The summed E-state index contributed by atoms with van der Waals surface area (Å²) in [4.78, 5) is 40.1. The maximum absolute atomic E-state index is 12.7. The molecule has 0 saturated carbocycles. The third-order valence-electron chi connectivity index (χ3n) is 4.92. The Kier molecular flexibility index (Phi) is 5.80. The Balaban J connectivity index is 1.52. The summed E-state index contributed by atoms with van der Waals surface area (Å²) in [5, 5.41) is 3.04. The Bertz CT molecular complexity index is 637. The Labute approximate surface area is 152 Å². The number of furan rings is 1. The lowest BCUT2D eigenvalue weighted by Gasteiger charge is -2.33. The van der Waals surface area contributed by atoms with Crippen LogP contribution in [0.4, 0.5) is 4.79 Å². The summed E-state index contributed by atoms with van der Waals surface area (Å²) in [7, 11) is 0. The van der Waals surface area contributed by atoms with Gasteiger partial charge in [0.05, 0.1) is 12.9 Å². The van der Waals surface area contributed by atoms with E-state index in [1.165, 1.54) is 6.26 Å². The number of piperidine rings is 1. The van der Waals surface area contributed by atoms with Gasteiger partial charge in [0.2, 0.25) is 5.91 Å². The lowest BCUT2D eigenvalue weighted by molar-refractivity contribution is -0.125. The van der Waals surface area contributed by atoms with E-state index in [1.807, 2.05) is 0 Å². The van der Waals surface area contributed by atoms with Crippen LogP contribution in [0.3, 0.4) is 0 Å². The van der Waals surface area contributed by atoms with Gasteiger partial charge in [-0.25, -0.2) is 4.79 Å². The van der Waals surface area contributed by atoms with Crippen LogP contribution in [0.2, 0.25) is 0 Å². The molecule has 3 heterocycles. The summed E-state index contributed by atoms with van der Waals surface area (Å²) in [6.45, 7) is 3.81. The Morgan fingerprint density at radius 2 is 2.00 bits per heavy atom. The molecule has 8 nitrogen and oxygen atoms in total. The highest BCUT2D eigenvalue weighted by molar-refractivity contribution is 5.96. The van der Waals surface area contributed by atoms with Gasteiger partial charge in [-0.3, -0.25) is 9.59 Å². The molecule has 1 aromatic rings. The van der Waals surface area contributed by atoms with Crippen LogP contribution >= 0.6 is 0 Å². The molecule has 1 aromatic heterocycles. The number of amides is 3. The van der Waals surface area contributed by atoms with Gasteiger partial charge in [0.1, 0.15) is 6.04 Å². The van der Waals surface area contributed by atoms with Crippen molar-refractivity contribution in [3.63, 3.8) is 0 Å². The van der Waals surface area contributed by atoms with Crippen LogP contribution in [-0.4, -0.2) is 66.0 Å². The first-order chi connectivity index (χ1) is 12.6. The van der Waals surface area contributed by atoms with Gasteiger partial charge in [-0.2, -0.15) is 0 Å². The molecule has 1 unspecified atom stereocenters. The molecule has 0 radical (unpaired) electrons. The average Bonchev–Trinajstić information content (AvgIpc) is 3.34. The van der Waals surface area contributed by atoms with E-state index in [0.717, 1.165) is 6.42 Å². The molecular weight excluding hydrogens is 338 g/mol. The summed E-state index contributed by atoms with van der Waals surface area (Å²) >= 11 is 0. The van der Waals surface area contributed by atoms with Crippen LogP contribution in [0.25, 0.3) is 0 Å². The molecule has 0 aliphatic carbocycles. The quantitative estimate of drug-likeness (QED) is 0.878. The summed E-state index contributed by atoms with van der Waals surface area (Å²) in [6.07, 6.45) is 3.97. The molecule has 1 atom stereocenters. The maximum Gasteiger partial charge on any atom is 0.409 e. The molecule has 142 valence electrons. The molecule has 0 bridgehead atoms. The van der Waals surface area contributed by atoms with Crippen molar-refractivity contribution in [3.8, 4) is 0 Å². The molecule has 1 N–H and O–H groups in total. The monoisotopic (exact) mass is 363 g/mol. The van der Waals surface area contributed by atoms with E-state index in [9.17, 15) is 14.4 Å². The molecule has 2 saturated heterocycles. The van der Waals surface area contributed by atoms with Crippen molar-refractivity contribution >= 4 is 17.9 Å². The number of rotatable bonds is 4. The van der Waals surface area contributed by atoms with Gasteiger partial charge in [0.25, 0.3) is 5.91 Å². The zero-order valence-corrected chi connectivity index (χ0v) is 15.0. The summed E-state index contributed by atoms with van der Waals surface area (Å²) in [5.74, 6) is -0.116. The van der Waals surface area contributed by atoms with Gasteiger partial charge in [-0.15, -0.1) is 0 Å². The van der Waals surface area contributed by atoms with E-state index >= 15 is 0 Å². The Hall–Kier alpha value is -2.51. The highest BCUT2D eigenvalue weighted by Gasteiger charge is 2.36. The van der Waals surface area contributed by atoms with Crippen molar-refractivity contribution in [2.24, 2.45) is 0 Å². The first-order valence-corrected chi connectivity index (χ1v) is 9.16. The fourth-order valence-corrected chi connectivity index (χ4v) is 3.54. The van der Waals surface area contributed by atoms with Gasteiger partial charge >= 0.3 is 6.09 Å². The minimum Gasteiger partial charge on any atom is -0.459 e. The molecule has 2 aliphatic heterocycles. The second kappa shape index (κ2) is 8.25. The molecular formula is C18H25N3O5. The smallest absolute Gasteiger partial charge is 0.409 e. The number of carbonyl (C=O) groups excluding carboxylic acids is 3. The van der Waals surface area contributed by atoms with Crippen molar-refractivity contribution in [1.82, 2.24) is 15.1 Å². The van der Waals surface area contributed by atoms with Crippen molar-refractivity contribution in [2.75, 3.05) is 26.2 Å². The number of nitrogens with zero attached hydrogens (tertiary/aromatic N) is 2. The van der Waals surface area contributed by atoms with E-state index in [2.05, 4.69) is 5.32 Å². The van der Waals surface area contributed by atoms with E-state index in [-0.39, 0.29) is 29.7 Å². The summed E-state index contributed by atoms with van der Waals surface area (Å²) < 4.78 is 10.2. The predicted molar refractivity (Wildman–Crippen MR) is 92.5 cm³/mol. The molecule has 8 heteroatoms. The van der Waals surface area contributed by atoms with Gasteiger partial charge in [0.15, 0.2) is 5.76 Å². The zero-order chi connectivity index (χ0) is 18.5. The average molecular weight is 363 g/mol. The van der Waals surface area contributed by atoms with E-state index in [4.69, 9.17) is 9.15 Å². The van der Waals surface area contributed by atoms with Crippen LogP contribution < -0.4 is 5.32 Å². The second-order valence-corrected chi connectivity index (χ2v) is 6.60. The van der Waals surface area contributed by atoms with Crippen LogP contribution in [0, 0.1) is 0 Å². The third kappa shape index (κ3) is 4.00. The minimum atomic E-state index is -0.462. The van der Waals surface area contributed by atoms with E-state index < -0.39 is 6.04 Å². The maximum atomic E-state index is 12.7. The predicted octanol–water partition coefficient (Wildman–Crippen LogP) is 1.62. The van der Waals surface area contributed by atoms with Crippen LogP contribution in [0.1, 0.15) is 43.2 Å². The van der Waals surface area contributed by atoms with Gasteiger partial charge in [-0.05, 0) is 44.7 Å². The first-order valence-electron chi connectivity index (χ1n) is 9.16. The van der Waals surface area contributed by atoms with Crippen LogP contribution in [0.15, 0.2) is 22.8 Å². The third-order valence-corrected chi connectivity index (χ3v) is 4.92. The van der Waals surface area contributed by atoms with E-state index in [0.29, 0.717) is 45.5 Å². The van der Waals surface area contributed by atoms with Gasteiger partial charge in [-0.1, -0.05) is 0 Å². The largest absolute Gasteiger partial charge is 0.459 e. The lowest BCUT2D eigenvalue weighted by atomic mass is 10.0. The van der Waals surface area contributed by atoms with E-state index in [1.54, 1.807) is 28.9 Å². The van der Waals surface area contributed by atoms with Crippen molar-refractivity contribution in [2.45, 2.75) is 44.7 Å². The fraction of sp³-hybridized carbons (Fsp3) is 0.611. The number of hydrogen-bond donors (Lipinski definition) is 1.